The average Bonchev–Trinajstić information content (AvgIpc) is 2.12. The minimum Gasteiger partial charge on any atom is -0.370 e. The van der Waals surface area contributed by atoms with E-state index >= 15 is 0 Å². The normalized spacial score (nSPS) is 30.1. The highest BCUT2D eigenvalue weighted by atomic mass is 32.1. The van der Waals surface area contributed by atoms with Gasteiger partial charge in [-0.3, -0.25) is 4.79 Å². The van der Waals surface area contributed by atoms with Gasteiger partial charge in [0.05, 0.1) is 6.42 Å². The van der Waals surface area contributed by atoms with Gasteiger partial charge >= 0.3 is 0 Å². The molecule has 0 aromatic rings. The zero-order valence-electron chi connectivity index (χ0n) is 5.03. The molecule has 1 aliphatic rings. The van der Waals surface area contributed by atoms with E-state index in [4.69, 9.17) is 5.73 Å². The lowest BCUT2D eigenvalue weighted by Gasteiger charge is -2.13. The number of thiol groups is 1. The molecule has 0 fully saturated rings. The summed E-state index contributed by atoms with van der Waals surface area (Å²) in [6.45, 7) is 0. The topological polar surface area (TPSA) is 91.9 Å². The van der Waals surface area contributed by atoms with Crippen molar-refractivity contribution in [3.8, 4) is 0 Å². The minimum atomic E-state index is -0.966. The molecule has 7 heteroatoms. The molecule has 0 bridgehead atoms. The first kappa shape index (κ1) is 7.29. The molecule has 0 saturated heterocycles. The van der Waals surface area contributed by atoms with Gasteiger partial charge in [0, 0.05) is 0 Å². The standard InChI is InChI=1S/C3H7N5OS/c4-2(9)1-3(10)5-7-8-6-3/h10H,1H2,(H2,4,9)(H,5,8)(H,6,7). The zero-order chi connectivity index (χ0) is 7.61. The molecule has 56 valence electrons. The lowest BCUT2D eigenvalue weighted by atomic mass is 10.3. The molecule has 1 aliphatic heterocycles. The quantitative estimate of drug-likeness (QED) is 0.388. The number of hydrogen-bond acceptors (Lipinski definition) is 6. The van der Waals surface area contributed by atoms with Gasteiger partial charge in [-0.25, -0.2) is 5.53 Å². The van der Waals surface area contributed by atoms with Gasteiger partial charge in [-0.1, -0.05) is 5.22 Å². The summed E-state index contributed by atoms with van der Waals surface area (Å²) in [5, 5.41) is 6.94. The molecule has 1 atom stereocenters. The highest BCUT2D eigenvalue weighted by Crippen LogP contribution is 2.18. The predicted molar refractivity (Wildman–Crippen MR) is 36.7 cm³/mol. The van der Waals surface area contributed by atoms with E-state index in [-0.39, 0.29) is 6.42 Å². The van der Waals surface area contributed by atoms with E-state index < -0.39 is 10.9 Å². The monoisotopic (exact) mass is 161 g/mol. The van der Waals surface area contributed by atoms with Crippen LogP contribution in [0.5, 0.6) is 0 Å². The summed E-state index contributed by atoms with van der Waals surface area (Å²) in [5.41, 5.74) is 9.79. The Morgan fingerprint density at radius 3 is 2.90 bits per heavy atom. The van der Waals surface area contributed by atoms with Gasteiger partial charge in [0.2, 0.25) is 10.9 Å². The van der Waals surface area contributed by atoms with Crippen LogP contribution in [0.4, 0.5) is 0 Å². The third-order valence-corrected chi connectivity index (χ3v) is 1.30. The maximum atomic E-state index is 10.4. The molecule has 6 nitrogen and oxygen atoms in total. The fourth-order valence-electron chi connectivity index (χ4n) is 0.570. The van der Waals surface area contributed by atoms with E-state index in [9.17, 15) is 4.79 Å². The van der Waals surface area contributed by atoms with E-state index in [0.29, 0.717) is 0 Å². The van der Waals surface area contributed by atoms with Crippen molar-refractivity contribution >= 4 is 18.5 Å². The van der Waals surface area contributed by atoms with Crippen molar-refractivity contribution < 1.29 is 4.79 Å². The highest BCUT2D eigenvalue weighted by molar-refractivity contribution is 7.81. The van der Waals surface area contributed by atoms with Gasteiger partial charge < -0.3 is 5.73 Å². The van der Waals surface area contributed by atoms with Crippen LogP contribution in [0.25, 0.3) is 0 Å². The molecule has 1 heterocycles. The van der Waals surface area contributed by atoms with Crippen molar-refractivity contribution in [2.24, 2.45) is 16.1 Å². The van der Waals surface area contributed by atoms with E-state index in [2.05, 4.69) is 33.9 Å². The van der Waals surface area contributed by atoms with Crippen molar-refractivity contribution in [2.45, 2.75) is 11.4 Å². The third kappa shape index (κ3) is 1.58. The molecule has 0 aromatic heterocycles. The predicted octanol–water partition coefficient (Wildman–Crippen LogP) is -1.08. The molecule has 0 spiro atoms. The Hall–Kier alpha value is -0.820. The summed E-state index contributed by atoms with van der Waals surface area (Å²) in [6.07, 6.45) is 0.00656. The first-order valence-corrected chi connectivity index (χ1v) is 3.02. The fourth-order valence-corrected chi connectivity index (χ4v) is 0.820. The lowest BCUT2D eigenvalue weighted by molar-refractivity contribution is -0.118. The third-order valence-electron chi connectivity index (χ3n) is 0.942. The summed E-state index contributed by atoms with van der Waals surface area (Å²) in [4.78, 5) is 9.40. The largest absolute Gasteiger partial charge is 0.370 e. The molecular formula is C3H7N5OS. The summed E-state index contributed by atoms with van der Waals surface area (Å²) in [5.74, 6) is -0.481. The number of hydrogen-bond donors (Lipinski definition) is 4. The molecule has 0 aromatic carbocycles. The number of primary amides is 1. The summed E-state index contributed by atoms with van der Waals surface area (Å²) >= 11 is 3.99. The number of carbonyl (C=O) groups is 1. The molecule has 1 rings (SSSR count). The number of rotatable bonds is 2. The van der Waals surface area contributed by atoms with Crippen LogP contribution in [-0.2, 0) is 4.79 Å². The maximum Gasteiger partial charge on any atom is 0.222 e. The molecule has 1 amide bonds. The zero-order valence-corrected chi connectivity index (χ0v) is 5.93. The molecule has 10 heavy (non-hydrogen) atoms. The Balaban J connectivity index is 2.52. The van der Waals surface area contributed by atoms with Crippen molar-refractivity contribution in [2.75, 3.05) is 0 Å². The van der Waals surface area contributed by atoms with Gasteiger partial charge in [0.25, 0.3) is 0 Å². The Labute approximate surface area is 62.6 Å². The Morgan fingerprint density at radius 1 is 1.80 bits per heavy atom. The van der Waals surface area contributed by atoms with Crippen LogP contribution < -0.4 is 16.7 Å². The Morgan fingerprint density at radius 2 is 2.50 bits per heavy atom. The average molecular weight is 161 g/mol. The van der Waals surface area contributed by atoms with Crippen LogP contribution in [0.15, 0.2) is 10.3 Å². The fraction of sp³-hybridized carbons (Fsp3) is 0.667. The van der Waals surface area contributed by atoms with Gasteiger partial charge in [-0.2, -0.15) is 5.43 Å². The molecule has 1 unspecified atom stereocenters. The Bertz CT molecular complexity index is 182. The van der Waals surface area contributed by atoms with Crippen LogP contribution >= 0.6 is 12.6 Å². The lowest BCUT2D eigenvalue weighted by Crippen LogP contribution is -2.42. The van der Waals surface area contributed by atoms with E-state index in [1.165, 1.54) is 0 Å². The van der Waals surface area contributed by atoms with Crippen LogP contribution in [-0.4, -0.2) is 10.9 Å². The number of nitrogens with zero attached hydrogens (tertiary/aromatic N) is 2. The van der Waals surface area contributed by atoms with Crippen LogP contribution in [0.3, 0.4) is 0 Å². The number of nitrogens with one attached hydrogen (secondary N) is 2. The molecule has 0 radical (unpaired) electrons. The minimum absolute atomic E-state index is 0.00656. The smallest absolute Gasteiger partial charge is 0.222 e. The van der Waals surface area contributed by atoms with Gasteiger partial charge in [-0.15, -0.1) is 17.7 Å². The van der Waals surface area contributed by atoms with Gasteiger partial charge in [0.1, 0.15) is 0 Å². The molecule has 4 N–H and O–H groups in total. The highest BCUT2D eigenvalue weighted by Gasteiger charge is 2.30. The second kappa shape index (κ2) is 2.43. The molecule has 0 aliphatic carbocycles. The SMILES string of the molecule is NC(=O)CC1(S)N=NNN1. The number of carbonyl (C=O) groups excluding carboxylic acids is 1. The summed E-state index contributed by atoms with van der Waals surface area (Å²) < 4.78 is 0. The number of amides is 1. The maximum absolute atomic E-state index is 10.4. The molecular weight excluding hydrogens is 154 g/mol. The second-order valence-electron chi connectivity index (χ2n) is 1.90. The van der Waals surface area contributed by atoms with E-state index in [1.807, 2.05) is 0 Å². The van der Waals surface area contributed by atoms with Crippen molar-refractivity contribution in [3.63, 3.8) is 0 Å². The summed E-state index contributed by atoms with van der Waals surface area (Å²) in [6, 6.07) is 0. The van der Waals surface area contributed by atoms with E-state index in [0.717, 1.165) is 0 Å². The number of nitrogens with two attached hydrogens (primary N) is 1. The van der Waals surface area contributed by atoms with Gasteiger partial charge in [0.15, 0.2) is 0 Å². The first-order chi connectivity index (χ1) is 4.62. The number of hydrazine groups is 1. The van der Waals surface area contributed by atoms with Crippen LogP contribution in [0, 0.1) is 0 Å². The summed E-state index contributed by atoms with van der Waals surface area (Å²) in [7, 11) is 0. The van der Waals surface area contributed by atoms with Crippen LogP contribution in [0.1, 0.15) is 6.42 Å². The molecule has 0 saturated carbocycles. The van der Waals surface area contributed by atoms with Crippen molar-refractivity contribution in [1.82, 2.24) is 11.0 Å². The second-order valence-corrected chi connectivity index (χ2v) is 2.64. The first-order valence-electron chi connectivity index (χ1n) is 2.57. The Kier molecular flexibility index (Phi) is 1.77. The van der Waals surface area contributed by atoms with Crippen molar-refractivity contribution in [1.29, 1.82) is 0 Å². The van der Waals surface area contributed by atoms with Crippen LogP contribution in [0.2, 0.25) is 0 Å². The van der Waals surface area contributed by atoms with Crippen molar-refractivity contribution in [3.05, 3.63) is 0 Å². The van der Waals surface area contributed by atoms with Gasteiger partial charge in [-0.05, 0) is 0 Å². The van der Waals surface area contributed by atoms with E-state index in [1.54, 1.807) is 0 Å².